The van der Waals surface area contributed by atoms with E-state index in [9.17, 15) is 4.79 Å². The molecule has 3 N–H and O–H groups in total. The zero-order valence-electron chi connectivity index (χ0n) is 15.8. The molecule has 0 saturated carbocycles. The lowest BCUT2D eigenvalue weighted by Crippen LogP contribution is -2.48. The number of hydrogen-bond donors (Lipinski definition) is 2. The minimum absolute atomic E-state index is 0.0974. The average Bonchev–Trinajstić information content (AvgIpc) is 2.48. The van der Waals surface area contributed by atoms with Crippen LogP contribution < -0.4 is 15.8 Å². The molecule has 25 heavy (non-hydrogen) atoms. The Balaban J connectivity index is 1.95. The monoisotopic (exact) mass is 349 g/mol. The molecule has 1 aliphatic heterocycles. The molecule has 1 fully saturated rings. The number of benzene rings is 1. The number of rotatable bonds is 5. The number of amides is 1. The Labute approximate surface area is 150 Å². The van der Waals surface area contributed by atoms with Gasteiger partial charge in [0.2, 0.25) is 0 Å². The third kappa shape index (κ3) is 6.46. The van der Waals surface area contributed by atoms with Crippen molar-refractivity contribution >= 4 is 11.8 Å². The highest BCUT2D eigenvalue weighted by atomic mass is 16.6. The van der Waals surface area contributed by atoms with Crippen LogP contribution >= 0.6 is 0 Å². The van der Waals surface area contributed by atoms with Gasteiger partial charge in [0.15, 0.2) is 0 Å². The molecular formula is C19H31N3O3. The summed E-state index contributed by atoms with van der Waals surface area (Å²) in [4.78, 5) is 14.3. The largest absolute Gasteiger partial charge is 0.494 e. The summed E-state index contributed by atoms with van der Waals surface area (Å²) >= 11 is 0. The minimum Gasteiger partial charge on any atom is -0.494 e. The molecule has 1 aromatic carbocycles. The van der Waals surface area contributed by atoms with Crippen molar-refractivity contribution in [1.29, 1.82) is 0 Å². The summed E-state index contributed by atoms with van der Waals surface area (Å²) in [5, 5.41) is 2.98. The van der Waals surface area contributed by atoms with Gasteiger partial charge in [-0.3, -0.25) is 4.90 Å². The topological polar surface area (TPSA) is 76.8 Å². The van der Waals surface area contributed by atoms with Gasteiger partial charge in [-0.1, -0.05) is 0 Å². The van der Waals surface area contributed by atoms with Gasteiger partial charge in [-0.2, -0.15) is 0 Å². The molecule has 2 rings (SSSR count). The summed E-state index contributed by atoms with van der Waals surface area (Å²) in [6, 6.07) is 5.85. The number of carbonyl (C=O) groups excluding carboxylic acids is 1. The van der Waals surface area contributed by atoms with Gasteiger partial charge in [-0.05, 0) is 65.3 Å². The molecule has 1 heterocycles. The Morgan fingerprint density at radius 3 is 2.84 bits per heavy atom. The third-order valence-corrected chi connectivity index (χ3v) is 4.00. The first-order valence-corrected chi connectivity index (χ1v) is 9.00. The maximum absolute atomic E-state index is 12.0. The fourth-order valence-corrected chi connectivity index (χ4v) is 3.05. The number of carbonyl (C=O) groups is 1. The Kier molecular flexibility index (Phi) is 6.53. The lowest BCUT2D eigenvalue weighted by Gasteiger charge is -2.34. The molecule has 6 nitrogen and oxygen atoms in total. The van der Waals surface area contributed by atoms with E-state index in [1.54, 1.807) is 0 Å². The molecule has 1 atom stereocenters. The number of nitrogens with two attached hydrogens (primary N) is 1. The molecule has 1 amide bonds. The quantitative estimate of drug-likeness (QED) is 0.799. The molecule has 0 aliphatic carbocycles. The van der Waals surface area contributed by atoms with Crippen LogP contribution in [-0.4, -0.2) is 42.3 Å². The van der Waals surface area contributed by atoms with Crippen LogP contribution in [0.1, 0.15) is 46.1 Å². The zero-order valence-corrected chi connectivity index (χ0v) is 15.8. The van der Waals surface area contributed by atoms with E-state index in [1.165, 1.54) is 0 Å². The van der Waals surface area contributed by atoms with Gasteiger partial charge in [-0.15, -0.1) is 0 Å². The molecule has 1 aliphatic rings. The average molecular weight is 349 g/mol. The number of alkyl carbamates (subject to hydrolysis) is 1. The number of piperidine rings is 1. The first kappa shape index (κ1) is 19.4. The van der Waals surface area contributed by atoms with Crippen molar-refractivity contribution in [2.45, 2.75) is 58.7 Å². The van der Waals surface area contributed by atoms with Crippen molar-refractivity contribution < 1.29 is 14.3 Å². The van der Waals surface area contributed by atoms with E-state index >= 15 is 0 Å². The van der Waals surface area contributed by atoms with Crippen LogP contribution in [0.5, 0.6) is 5.75 Å². The summed E-state index contributed by atoms with van der Waals surface area (Å²) in [6.07, 6.45) is 1.65. The maximum atomic E-state index is 12.0. The molecular weight excluding hydrogens is 318 g/mol. The molecule has 0 bridgehead atoms. The zero-order chi connectivity index (χ0) is 18.4. The fourth-order valence-electron chi connectivity index (χ4n) is 3.05. The van der Waals surface area contributed by atoms with E-state index in [1.807, 2.05) is 45.9 Å². The Morgan fingerprint density at radius 2 is 2.16 bits per heavy atom. The van der Waals surface area contributed by atoms with Crippen LogP contribution in [0, 0.1) is 0 Å². The SMILES string of the molecule is CCOc1ccc(N)cc1CN1CCC[C@@H](NC(=O)OC(C)(C)C)C1. The second kappa shape index (κ2) is 8.43. The highest BCUT2D eigenvalue weighted by Gasteiger charge is 2.24. The van der Waals surface area contributed by atoms with Gasteiger partial charge < -0.3 is 20.5 Å². The summed E-state index contributed by atoms with van der Waals surface area (Å²) in [5.41, 5.74) is 7.27. The predicted octanol–water partition coefficient (Wildman–Crippen LogP) is 3.16. The van der Waals surface area contributed by atoms with E-state index in [0.717, 1.165) is 49.5 Å². The molecule has 0 aromatic heterocycles. The second-order valence-corrected chi connectivity index (χ2v) is 7.52. The van der Waals surface area contributed by atoms with Crippen molar-refractivity contribution in [2.75, 3.05) is 25.4 Å². The smallest absolute Gasteiger partial charge is 0.407 e. The first-order chi connectivity index (χ1) is 11.8. The Bertz CT molecular complexity index is 584. The fraction of sp³-hybridized carbons (Fsp3) is 0.632. The Hall–Kier alpha value is -1.95. The first-order valence-electron chi connectivity index (χ1n) is 9.00. The number of hydrogen-bond acceptors (Lipinski definition) is 5. The van der Waals surface area contributed by atoms with Gasteiger partial charge in [0.25, 0.3) is 0 Å². The van der Waals surface area contributed by atoms with E-state index in [2.05, 4.69) is 10.2 Å². The van der Waals surface area contributed by atoms with Gasteiger partial charge in [0.1, 0.15) is 11.4 Å². The number of anilines is 1. The highest BCUT2D eigenvalue weighted by Crippen LogP contribution is 2.24. The van der Waals surface area contributed by atoms with Crippen molar-refractivity contribution in [3.8, 4) is 5.75 Å². The van der Waals surface area contributed by atoms with Crippen molar-refractivity contribution in [3.05, 3.63) is 23.8 Å². The number of nitrogens with one attached hydrogen (secondary N) is 1. The minimum atomic E-state index is -0.480. The molecule has 6 heteroatoms. The summed E-state index contributed by atoms with van der Waals surface area (Å²) < 4.78 is 11.1. The number of nitrogen functional groups attached to an aromatic ring is 1. The van der Waals surface area contributed by atoms with E-state index in [0.29, 0.717) is 6.61 Å². The van der Waals surface area contributed by atoms with Gasteiger partial charge in [0, 0.05) is 30.4 Å². The number of nitrogens with zero attached hydrogens (tertiary/aromatic N) is 1. The van der Waals surface area contributed by atoms with Crippen LogP contribution in [-0.2, 0) is 11.3 Å². The van der Waals surface area contributed by atoms with E-state index in [4.69, 9.17) is 15.2 Å². The normalized spacial score (nSPS) is 18.6. The molecule has 0 radical (unpaired) electrons. The van der Waals surface area contributed by atoms with E-state index < -0.39 is 5.60 Å². The van der Waals surface area contributed by atoms with Crippen LogP contribution in [0.4, 0.5) is 10.5 Å². The van der Waals surface area contributed by atoms with Crippen molar-refractivity contribution in [1.82, 2.24) is 10.2 Å². The van der Waals surface area contributed by atoms with Crippen molar-refractivity contribution in [3.63, 3.8) is 0 Å². The molecule has 0 spiro atoms. The summed E-state index contributed by atoms with van der Waals surface area (Å²) in [7, 11) is 0. The van der Waals surface area contributed by atoms with Gasteiger partial charge >= 0.3 is 6.09 Å². The predicted molar refractivity (Wildman–Crippen MR) is 99.7 cm³/mol. The standard InChI is InChI=1S/C19H31N3O3/c1-5-24-17-9-8-15(20)11-14(17)12-22-10-6-7-16(13-22)21-18(23)25-19(2,3)4/h8-9,11,16H,5-7,10,12-13,20H2,1-4H3,(H,21,23)/t16-/m1/s1. The lowest BCUT2D eigenvalue weighted by atomic mass is 10.0. The Morgan fingerprint density at radius 1 is 1.40 bits per heavy atom. The van der Waals surface area contributed by atoms with Crippen LogP contribution in [0.25, 0.3) is 0 Å². The highest BCUT2D eigenvalue weighted by molar-refractivity contribution is 5.68. The summed E-state index contributed by atoms with van der Waals surface area (Å²) in [6.45, 7) is 10.7. The molecule has 0 unspecified atom stereocenters. The second-order valence-electron chi connectivity index (χ2n) is 7.52. The number of ether oxygens (including phenoxy) is 2. The summed E-state index contributed by atoms with van der Waals surface area (Å²) in [5.74, 6) is 0.874. The number of likely N-dealkylation sites (tertiary alicyclic amines) is 1. The molecule has 1 aromatic rings. The van der Waals surface area contributed by atoms with Crippen LogP contribution in [0.3, 0.4) is 0 Å². The van der Waals surface area contributed by atoms with Crippen LogP contribution in [0.2, 0.25) is 0 Å². The lowest BCUT2D eigenvalue weighted by molar-refractivity contribution is 0.0470. The van der Waals surface area contributed by atoms with Crippen LogP contribution in [0.15, 0.2) is 18.2 Å². The molecule has 140 valence electrons. The van der Waals surface area contributed by atoms with E-state index in [-0.39, 0.29) is 12.1 Å². The maximum Gasteiger partial charge on any atom is 0.407 e. The van der Waals surface area contributed by atoms with Gasteiger partial charge in [-0.25, -0.2) is 4.79 Å². The van der Waals surface area contributed by atoms with Gasteiger partial charge in [0.05, 0.1) is 6.61 Å². The molecule has 1 saturated heterocycles. The third-order valence-electron chi connectivity index (χ3n) is 4.00. The van der Waals surface area contributed by atoms with Crippen molar-refractivity contribution in [2.24, 2.45) is 0 Å².